The summed E-state index contributed by atoms with van der Waals surface area (Å²) in [6.45, 7) is 2.96. The fourth-order valence-corrected chi connectivity index (χ4v) is 3.93. The summed E-state index contributed by atoms with van der Waals surface area (Å²) >= 11 is 0. The summed E-state index contributed by atoms with van der Waals surface area (Å²) in [5, 5.41) is 4.78. The summed E-state index contributed by atoms with van der Waals surface area (Å²) < 4.78 is 24.2. The van der Waals surface area contributed by atoms with Gasteiger partial charge in [-0.25, -0.2) is 4.68 Å². The minimum Gasteiger partial charge on any atom is -0.497 e. The smallest absolute Gasteiger partial charge is 0.254 e. The number of rotatable bonds is 11. The van der Waals surface area contributed by atoms with Crippen LogP contribution in [0.5, 0.6) is 23.1 Å². The molecule has 0 unspecified atom stereocenters. The van der Waals surface area contributed by atoms with Gasteiger partial charge in [0.2, 0.25) is 5.88 Å². The number of ether oxygens (including phenoxy) is 4. The van der Waals surface area contributed by atoms with Gasteiger partial charge in [0.25, 0.3) is 5.91 Å². The molecule has 0 saturated carbocycles. The third-order valence-electron chi connectivity index (χ3n) is 5.91. The lowest BCUT2D eigenvalue weighted by Gasteiger charge is -2.23. The molecule has 4 aromatic rings. The van der Waals surface area contributed by atoms with Gasteiger partial charge in [0.05, 0.1) is 44.3 Å². The molecule has 0 aliphatic heterocycles. The Morgan fingerprint density at radius 1 is 0.865 bits per heavy atom. The van der Waals surface area contributed by atoms with Crippen LogP contribution in [0, 0.1) is 6.92 Å². The number of hydrogen-bond acceptors (Lipinski definition) is 6. The highest BCUT2D eigenvalue weighted by atomic mass is 16.5. The molecule has 1 aromatic heterocycles. The summed E-state index contributed by atoms with van der Waals surface area (Å²) in [6.07, 6.45) is 0. The lowest BCUT2D eigenvalue weighted by Crippen LogP contribution is -2.33. The van der Waals surface area contributed by atoms with Gasteiger partial charge in [-0.05, 0) is 49.4 Å². The van der Waals surface area contributed by atoms with E-state index in [9.17, 15) is 4.79 Å². The average molecular weight is 502 g/mol. The van der Waals surface area contributed by atoms with E-state index >= 15 is 0 Å². The molecule has 8 nitrogen and oxygen atoms in total. The van der Waals surface area contributed by atoms with Crippen molar-refractivity contribution in [2.24, 2.45) is 0 Å². The first-order valence-electron chi connectivity index (χ1n) is 11.9. The fourth-order valence-electron chi connectivity index (χ4n) is 3.93. The van der Waals surface area contributed by atoms with Crippen LogP contribution in [0.15, 0.2) is 78.9 Å². The van der Waals surface area contributed by atoms with Crippen molar-refractivity contribution >= 4 is 5.91 Å². The minimum atomic E-state index is -0.143. The topological polar surface area (TPSA) is 75.0 Å². The summed E-state index contributed by atoms with van der Waals surface area (Å²) in [6, 6.07) is 24.3. The first-order chi connectivity index (χ1) is 18.0. The highest BCUT2D eigenvalue weighted by Gasteiger charge is 2.24. The van der Waals surface area contributed by atoms with Crippen LogP contribution in [0.3, 0.4) is 0 Å². The van der Waals surface area contributed by atoms with E-state index in [-0.39, 0.29) is 12.5 Å². The van der Waals surface area contributed by atoms with Crippen LogP contribution in [-0.4, -0.2) is 55.1 Å². The van der Waals surface area contributed by atoms with Gasteiger partial charge >= 0.3 is 0 Å². The second-order valence-corrected chi connectivity index (χ2v) is 8.35. The lowest BCUT2D eigenvalue weighted by molar-refractivity contribution is 0.0678. The van der Waals surface area contributed by atoms with Crippen molar-refractivity contribution < 1.29 is 23.7 Å². The molecule has 0 N–H and O–H groups in total. The maximum absolute atomic E-state index is 13.6. The molecule has 192 valence electrons. The summed E-state index contributed by atoms with van der Waals surface area (Å²) in [7, 11) is 4.81. The van der Waals surface area contributed by atoms with Crippen molar-refractivity contribution in [2.45, 2.75) is 13.5 Å². The molecule has 0 saturated heterocycles. The summed E-state index contributed by atoms with van der Waals surface area (Å²) in [5.41, 5.74) is 2.91. The monoisotopic (exact) mass is 501 g/mol. The maximum Gasteiger partial charge on any atom is 0.254 e. The Bertz CT molecular complexity index is 1340. The standard InChI is InChI=1S/C29H31N3O5/c1-21-27(20-31(16-17-34-2)28(33)22-10-8-13-24(18-22)35-3)29(32(30-21)23-11-6-5-7-12-23)37-26-15-9-14-25(19-26)36-4/h5-15,18-19H,16-17,20H2,1-4H3. The van der Waals surface area contributed by atoms with Crippen LogP contribution in [0.25, 0.3) is 5.69 Å². The molecule has 0 fully saturated rings. The number of carbonyl (C=O) groups excluding carboxylic acids is 1. The van der Waals surface area contributed by atoms with Gasteiger partial charge in [-0.2, -0.15) is 5.10 Å². The third kappa shape index (κ3) is 6.10. The molecule has 0 spiro atoms. The van der Waals surface area contributed by atoms with Gasteiger partial charge in [-0.15, -0.1) is 0 Å². The van der Waals surface area contributed by atoms with Gasteiger partial charge in [0.1, 0.15) is 17.2 Å². The van der Waals surface area contributed by atoms with E-state index in [1.54, 1.807) is 49.1 Å². The number of aryl methyl sites for hydroxylation is 1. The van der Waals surface area contributed by atoms with E-state index in [0.717, 1.165) is 16.9 Å². The Kier molecular flexibility index (Phi) is 8.43. The van der Waals surface area contributed by atoms with Gasteiger partial charge in [0.15, 0.2) is 0 Å². The van der Waals surface area contributed by atoms with Crippen molar-refractivity contribution in [3.05, 3.63) is 95.7 Å². The van der Waals surface area contributed by atoms with Crippen LogP contribution < -0.4 is 14.2 Å². The molecule has 0 aliphatic rings. The molecule has 0 atom stereocenters. The number of amides is 1. The van der Waals surface area contributed by atoms with E-state index in [2.05, 4.69) is 0 Å². The number of hydrogen-bond donors (Lipinski definition) is 0. The zero-order valence-corrected chi connectivity index (χ0v) is 21.5. The van der Waals surface area contributed by atoms with Crippen LogP contribution >= 0.6 is 0 Å². The molecular formula is C29H31N3O5. The lowest BCUT2D eigenvalue weighted by atomic mass is 10.1. The normalized spacial score (nSPS) is 10.7. The number of benzene rings is 3. The van der Waals surface area contributed by atoms with E-state index in [1.807, 2.05) is 67.6 Å². The van der Waals surface area contributed by atoms with Crippen molar-refractivity contribution in [1.29, 1.82) is 0 Å². The average Bonchev–Trinajstić information content (AvgIpc) is 3.25. The highest BCUT2D eigenvalue weighted by Crippen LogP contribution is 2.33. The zero-order valence-electron chi connectivity index (χ0n) is 21.5. The predicted octanol–water partition coefficient (Wildman–Crippen LogP) is 5.28. The largest absolute Gasteiger partial charge is 0.497 e. The first kappa shape index (κ1) is 25.8. The van der Waals surface area contributed by atoms with Crippen molar-refractivity contribution in [3.63, 3.8) is 0 Å². The molecule has 4 rings (SSSR count). The second-order valence-electron chi connectivity index (χ2n) is 8.35. The van der Waals surface area contributed by atoms with E-state index in [1.165, 1.54) is 0 Å². The summed E-state index contributed by atoms with van der Waals surface area (Å²) in [4.78, 5) is 15.3. The Hall–Kier alpha value is -4.30. The van der Waals surface area contributed by atoms with E-state index in [4.69, 9.17) is 24.0 Å². The number of nitrogens with zero attached hydrogens (tertiary/aromatic N) is 3. The molecule has 0 aliphatic carbocycles. The molecular weight excluding hydrogens is 470 g/mol. The summed E-state index contributed by atoms with van der Waals surface area (Å²) in [5.74, 6) is 2.28. The highest BCUT2D eigenvalue weighted by molar-refractivity contribution is 5.94. The Morgan fingerprint density at radius 2 is 1.54 bits per heavy atom. The number of methoxy groups -OCH3 is 3. The molecule has 37 heavy (non-hydrogen) atoms. The number of carbonyl (C=O) groups is 1. The molecule has 0 bridgehead atoms. The Labute approximate surface area is 217 Å². The quantitative estimate of drug-likeness (QED) is 0.278. The Balaban J connectivity index is 1.75. The minimum absolute atomic E-state index is 0.143. The van der Waals surface area contributed by atoms with Crippen molar-refractivity contribution in [1.82, 2.24) is 14.7 Å². The van der Waals surface area contributed by atoms with Crippen LogP contribution in [0.1, 0.15) is 21.6 Å². The molecule has 0 radical (unpaired) electrons. The Morgan fingerprint density at radius 3 is 2.24 bits per heavy atom. The van der Waals surface area contributed by atoms with Gasteiger partial charge in [-0.1, -0.05) is 30.3 Å². The number of para-hydroxylation sites is 1. The van der Waals surface area contributed by atoms with E-state index in [0.29, 0.717) is 41.8 Å². The SMILES string of the molecule is COCCN(Cc1c(C)nn(-c2ccccc2)c1Oc1cccc(OC)c1)C(=O)c1cccc(OC)c1. The molecule has 1 heterocycles. The molecule has 3 aromatic carbocycles. The maximum atomic E-state index is 13.6. The number of aromatic nitrogens is 2. The van der Waals surface area contributed by atoms with Crippen molar-refractivity contribution in [2.75, 3.05) is 34.5 Å². The molecule has 8 heteroatoms. The van der Waals surface area contributed by atoms with Gasteiger partial charge < -0.3 is 23.8 Å². The van der Waals surface area contributed by atoms with Crippen LogP contribution in [0.2, 0.25) is 0 Å². The van der Waals surface area contributed by atoms with Crippen LogP contribution in [-0.2, 0) is 11.3 Å². The van der Waals surface area contributed by atoms with E-state index < -0.39 is 0 Å². The predicted molar refractivity (Wildman–Crippen MR) is 141 cm³/mol. The van der Waals surface area contributed by atoms with Gasteiger partial charge in [-0.3, -0.25) is 4.79 Å². The fraction of sp³-hybridized carbons (Fsp3) is 0.241. The first-order valence-corrected chi connectivity index (χ1v) is 11.9. The molecule has 1 amide bonds. The van der Waals surface area contributed by atoms with Crippen LogP contribution in [0.4, 0.5) is 0 Å². The second kappa shape index (κ2) is 12.1. The zero-order chi connectivity index (χ0) is 26.2. The third-order valence-corrected chi connectivity index (χ3v) is 5.91. The van der Waals surface area contributed by atoms with Crippen molar-refractivity contribution in [3.8, 4) is 28.8 Å². The van der Waals surface area contributed by atoms with Gasteiger partial charge in [0, 0.05) is 25.3 Å².